The van der Waals surface area contributed by atoms with Crippen LogP contribution < -0.4 is 5.32 Å². The molecule has 0 saturated carbocycles. The molecule has 80 valence electrons. The predicted octanol–water partition coefficient (Wildman–Crippen LogP) is 1.46. The minimum atomic E-state index is -0.378. The molecule has 0 aliphatic rings. The summed E-state index contributed by atoms with van der Waals surface area (Å²) in [5, 5.41) is 5.79. The molecule has 1 N–H and O–H groups in total. The second-order valence-electron chi connectivity index (χ2n) is 2.83. The summed E-state index contributed by atoms with van der Waals surface area (Å²) >= 11 is 0. The van der Waals surface area contributed by atoms with Gasteiger partial charge in [0, 0.05) is 29.5 Å². The summed E-state index contributed by atoms with van der Waals surface area (Å²) < 4.78 is 0. The van der Waals surface area contributed by atoms with Crippen molar-refractivity contribution in [2.75, 3.05) is 13.1 Å². The van der Waals surface area contributed by atoms with Gasteiger partial charge in [-0.2, -0.15) is 0 Å². The van der Waals surface area contributed by atoms with E-state index in [1.807, 2.05) is 30.3 Å². The number of hydrogen-bond donors (Lipinski definition) is 1. The Morgan fingerprint density at radius 2 is 2.19 bits per heavy atom. The molecule has 0 atom stereocenters. The Morgan fingerprint density at radius 1 is 1.44 bits per heavy atom. The van der Waals surface area contributed by atoms with E-state index in [9.17, 15) is 4.79 Å². The number of carbonyl (C=O) groups is 1. The Hall–Kier alpha value is -2.44. The van der Waals surface area contributed by atoms with E-state index in [1.54, 1.807) is 0 Å². The first-order chi connectivity index (χ1) is 7.83. The SMILES string of the molecule is [N-]=[N+]=NCCNC(=O)C#Cc1ccccc1. The lowest BCUT2D eigenvalue weighted by molar-refractivity contribution is -0.115. The van der Waals surface area contributed by atoms with Gasteiger partial charge in [0.15, 0.2) is 0 Å². The third kappa shape index (κ3) is 4.70. The molecular weight excluding hydrogens is 204 g/mol. The Labute approximate surface area is 93.1 Å². The highest BCUT2D eigenvalue weighted by molar-refractivity contribution is 5.94. The molecule has 0 heterocycles. The molecule has 0 fully saturated rings. The zero-order valence-corrected chi connectivity index (χ0v) is 8.55. The molecule has 1 aromatic rings. The van der Waals surface area contributed by atoms with Gasteiger partial charge in [0.1, 0.15) is 0 Å². The van der Waals surface area contributed by atoms with Gasteiger partial charge in [-0.1, -0.05) is 29.2 Å². The predicted molar refractivity (Wildman–Crippen MR) is 60.3 cm³/mol. The number of nitrogens with one attached hydrogen (secondary N) is 1. The molecule has 0 bridgehead atoms. The third-order valence-electron chi connectivity index (χ3n) is 1.65. The first-order valence-electron chi connectivity index (χ1n) is 4.68. The van der Waals surface area contributed by atoms with Crippen molar-refractivity contribution in [2.45, 2.75) is 0 Å². The third-order valence-corrected chi connectivity index (χ3v) is 1.65. The van der Waals surface area contributed by atoms with Crippen molar-refractivity contribution in [3.63, 3.8) is 0 Å². The van der Waals surface area contributed by atoms with Crippen LogP contribution in [0.25, 0.3) is 10.4 Å². The van der Waals surface area contributed by atoms with Crippen molar-refractivity contribution in [3.05, 3.63) is 46.3 Å². The number of azide groups is 1. The molecule has 0 radical (unpaired) electrons. The second kappa shape index (κ2) is 6.93. The highest BCUT2D eigenvalue weighted by atomic mass is 16.1. The Kier molecular flexibility index (Phi) is 5.04. The minimum absolute atomic E-state index is 0.231. The zero-order chi connectivity index (χ0) is 11.6. The van der Waals surface area contributed by atoms with Gasteiger partial charge in [-0.15, -0.1) is 0 Å². The largest absolute Gasteiger partial charge is 0.345 e. The van der Waals surface area contributed by atoms with Crippen LogP contribution in [0, 0.1) is 11.8 Å². The highest BCUT2D eigenvalue weighted by Gasteiger charge is 1.92. The maximum absolute atomic E-state index is 11.2. The van der Waals surface area contributed by atoms with E-state index < -0.39 is 0 Å². The van der Waals surface area contributed by atoms with Crippen LogP contribution in [-0.4, -0.2) is 19.0 Å². The summed E-state index contributed by atoms with van der Waals surface area (Å²) in [6.07, 6.45) is 0. The van der Waals surface area contributed by atoms with Gasteiger partial charge in [-0.05, 0) is 17.7 Å². The topological polar surface area (TPSA) is 77.9 Å². The van der Waals surface area contributed by atoms with Crippen molar-refractivity contribution < 1.29 is 4.79 Å². The molecule has 1 rings (SSSR count). The number of carbonyl (C=O) groups excluding carboxylic acids is 1. The van der Waals surface area contributed by atoms with Crippen molar-refractivity contribution in [1.82, 2.24) is 5.32 Å². The van der Waals surface area contributed by atoms with E-state index in [4.69, 9.17) is 5.53 Å². The molecule has 0 aliphatic carbocycles. The molecular formula is C11H10N4O. The summed E-state index contributed by atoms with van der Waals surface area (Å²) in [5.74, 6) is 4.78. The summed E-state index contributed by atoms with van der Waals surface area (Å²) in [4.78, 5) is 13.7. The lowest BCUT2D eigenvalue weighted by Crippen LogP contribution is -2.24. The molecule has 0 saturated heterocycles. The summed E-state index contributed by atoms with van der Waals surface area (Å²) in [6, 6.07) is 9.22. The van der Waals surface area contributed by atoms with Gasteiger partial charge < -0.3 is 5.32 Å². The maximum Gasteiger partial charge on any atom is 0.296 e. The van der Waals surface area contributed by atoms with Crippen molar-refractivity contribution in [1.29, 1.82) is 0 Å². The van der Waals surface area contributed by atoms with E-state index in [1.165, 1.54) is 0 Å². The number of hydrogen-bond acceptors (Lipinski definition) is 2. The van der Waals surface area contributed by atoms with Gasteiger partial charge >= 0.3 is 0 Å². The van der Waals surface area contributed by atoms with Crippen molar-refractivity contribution in [2.24, 2.45) is 5.11 Å². The monoisotopic (exact) mass is 214 g/mol. The number of benzene rings is 1. The quantitative estimate of drug-likeness (QED) is 0.267. The Morgan fingerprint density at radius 3 is 2.88 bits per heavy atom. The number of rotatable bonds is 3. The first kappa shape index (κ1) is 11.6. The highest BCUT2D eigenvalue weighted by Crippen LogP contribution is 1.94. The fourth-order valence-corrected chi connectivity index (χ4v) is 0.959. The first-order valence-corrected chi connectivity index (χ1v) is 4.68. The van der Waals surface area contributed by atoms with E-state index in [0.717, 1.165) is 5.56 Å². The molecule has 0 spiro atoms. The zero-order valence-electron chi connectivity index (χ0n) is 8.55. The van der Waals surface area contributed by atoms with Crippen LogP contribution in [0.1, 0.15) is 5.56 Å². The van der Waals surface area contributed by atoms with Crippen molar-refractivity contribution >= 4 is 5.91 Å². The molecule has 0 aliphatic heterocycles. The Balaban J connectivity index is 2.40. The molecule has 5 heteroatoms. The standard InChI is InChI=1S/C11H10N4O/c12-15-14-9-8-13-11(16)7-6-10-4-2-1-3-5-10/h1-5H,8-9H2,(H,13,16). The van der Waals surface area contributed by atoms with Gasteiger partial charge in [0.05, 0.1) is 0 Å². The molecule has 1 amide bonds. The van der Waals surface area contributed by atoms with Gasteiger partial charge in [-0.3, -0.25) is 4.79 Å². The average molecular weight is 214 g/mol. The van der Waals surface area contributed by atoms with Crippen LogP contribution in [-0.2, 0) is 4.79 Å². The molecule has 0 aromatic heterocycles. The fourth-order valence-electron chi connectivity index (χ4n) is 0.959. The average Bonchev–Trinajstić information content (AvgIpc) is 2.33. The van der Waals surface area contributed by atoms with Gasteiger partial charge in [-0.25, -0.2) is 0 Å². The Bertz CT molecular complexity index is 452. The second-order valence-corrected chi connectivity index (χ2v) is 2.83. The lowest BCUT2D eigenvalue weighted by Gasteiger charge is -1.94. The summed E-state index contributed by atoms with van der Waals surface area (Å²) in [7, 11) is 0. The minimum Gasteiger partial charge on any atom is -0.345 e. The molecule has 5 nitrogen and oxygen atoms in total. The maximum atomic E-state index is 11.2. The number of amides is 1. The van der Waals surface area contributed by atoms with Crippen LogP contribution in [0.2, 0.25) is 0 Å². The van der Waals surface area contributed by atoms with Crippen LogP contribution in [0.4, 0.5) is 0 Å². The van der Waals surface area contributed by atoms with Gasteiger partial charge in [0.2, 0.25) is 0 Å². The summed E-state index contributed by atoms with van der Waals surface area (Å²) in [6.45, 7) is 0.529. The van der Waals surface area contributed by atoms with Gasteiger partial charge in [0.25, 0.3) is 5.91 Å². The van der Waals surface area contributed by atoms with E-state index in [-0.39, 0.29) is 12.5 Å². The van der Waals surface area contributed by atoms with Crippen LogP contribution in [0.3, 0.4) is 0 Å². The molecule has 0 unspecified atom stereocenters. The van der Waals surface area contributed by atoms with E-state index in [2.05, 4.69) is 27.2 Å². The lowest BCUT2D eigenvalue weighted by atomic mass is 10.2. The molecule has 16 heavy (non-hydrogen) atoms. The van der Waals surface area contributed by atoms with Crippen LogP contribution in [0.5, 0.6) is 0 Å². The smallest absolute Gasteiger partial charge is 0.296 e. The number of nitrogens with zero attached hydrogens (tertiary/aromatic N) is 3. The van der Waals surface area contributed by atoms with E-state index in [0.29, 0.717) is 6.54 Å². The van der Waals surface area contributed by atoms with Crippen LogP contribution in [0.15, 0.2) is 35.4 Å². The summed E-state index contributed by atoms with van der Waals surface area (Å²) in [5.41, 5.74) is 8.79. The normalized spacial score (nSPS) is 8.25. The van der Waals surface area contributed by atoms with Crippen molar-refractivity contribution in [3.8, 4) is 11.8 Å². The fraction of sp³-hybridized carbons (Fsp3) is 0.182. The van der Waals surface area contributed by atoms with Crippen LogP contribution >= 0.6 is 0 Å². The van der Waals surface area contributed by atoms with E-state index >= 15 is 0 Å². The molecule has 1 aromatic carbocycles.